The minimum atomic E-state index is -4.92. The SMILES string of the molecule is CSc1nccc(C(=O)C(F)(F)F)c1Cl. The number of rotatable bonds is 2. The molecule has 7 heteroatoms. The number of ketones is 1. The van der Waals surface area contributed by atoms with Crippen LogP contribution in [0.15, 0.2) is 17.3 Å². The van der Waals surface area contributed by atoms with Crippen LogP contribution in [0, 0.1) is 0 Å². The highest BCUT2D eigenvalue weighted by Gasteiger charge is 2.40. The van der Waals surface area contributed by atoms with Gasteiger partial charge in [0.2, 0.25) is 0 Å². The lowest BCUT2D eigenvalue weighted by Gasteiger charge is -2.08. The van der Waals surface area contributed by atoms with Crippen LogP contribution in [0.3, 0.4) is 0 Å². The molecule has 0 saturated heterocycles. The van der Waals surface area contributed by atoms with Crippen molar-refractivity contribution in [1.29, 1.82) is 0 Å². The van der Waals surface area contributed by atoms with E-state index in [9.17, 15) is 18.0 Å². The number of hydrogen-bond acceptors (Lipinski definition) is 3. The van der Waals surface area contributed by atoms with Gasteiger partial charge in [-0.05, 0) is 12.3 Å². The van der Waals surface area contributed by atoms with E-state index in [4.69, 9.17) is 11.6 Å². The van der Waals surface area contributed by atoms with E-state index in [2.05, 4.69) is 4.98 Å². The minimum Gasteiger partial charge on any atom is -0.284 e. The van der Waals surface area contributed by atoms with Crippen LogP contribution < -0.4 is 0 Å². The van der Waals surface area contributed by atoms with E-state index in [1.54, 1.807) is 6.26 Å². The molecule has 0 unspecified atom stereocenters. The van der Waals surface area contributed by atoms with Crippen LogP contribution in [-0.4, -0.2) is 23.2 Å². The van der Waals surface area contributed by atoms with Gasteiger partial charge < -0.3 is 0 Å². The molecule has 0 bridgehead atoms. The summed E-state index contributed by atoms with van der Waals surface area (Å²) in [5, 5.41) is -0.0564. The van der Waals surface area contributed by atoms with Crippen molar-refractivity contribution in [3.63, 3.8) is 0 Å². The minimum absolute atomic E-state index is 0.201. The maximum Gasteiger partial charge on any atom is 0.454 e. The molecule has 0 saturated carbocycles. The van der Waals surface area contributed by atoms with Gasteiger partial charge in [0.15, 0.2) is 0 Å². The summed E-state index contributed by atoms with van der Waals surface area (Å²) in [6.45, 7) is 0. The maximum absolute atomic E-state index is 12.1. The zero-order valence-electron chi connectivity index (χ0n) is 7.43. The third-order valence-electron chi connectivity index (χ3n) is 1.55. The van der Waals surface area contributed by atoms with Crippen molar-refractivity contribution >= 4 is 29.1 Å². The number of hydrogen-bond donors (Lipinski definition) is 0. The summed E-state index contributed by atoms with van der Waals surface area (Å²) in [5.41, 5.74) is -0.566. The molecule has 0 spiro atoms. The fourth-order valence-electron chi connectivity index (χ4n) is 0.895. The van der Waals surface area contributed by atoms with Crippen LogP contribution >= 0.6 is 23.4 Å². The average molecular weight is 256 g/mol. The van der Waals surface area contributed by atoms with Crippen LogP contribution in [0.5, 0.6) is 0 Å². The van der Waals surface area contributed by atoms with Crippen LogP contribution in [0.1, 0.15) is 10.4 Å². The molecule has 15 heavy (non-hydrogen) atoms. The maximum atomic E-state index is 12.1. The monoisotopic (exact) mass is 255 g/mol. The van der Waals surface area contributed by atoms with Crippen LogP contribution in [0.4, 0.5) is 13.2 Å². The van der Waals surface area contributed by atoms with Crippen molar-refractivity contribution in [3.05, 3.63) is 22.8 Å². The molecule has 0 fully saturated rings. The molecule has 0 atom stereocenters. The summed E-state index contributed by atoms with van der Waals surface area (Å²) in [7, 11) is 0. The van der Waals surface area contributed by atoms with E-state index in [0.717, 1.165) is 24.0 Å². The van der Waals surface area contributed by atoms with Gasteiger partial charge in [-0.15, -0.1) is 11.8 Å². The van der Waals surface area contributed by atoms with Gasteiger partial charge in [0.1, 0.15) is 5.03 Å². The first-order valence-electron chi connectivity index (χ1n) is 3.68. The van der Waals surface area contributed by atoms with Gasteiger partial charge in [0, 0.05) is 6.20 Å². The standard InChI is InChI=1S/C8H5ClF3NOS/c1-15-7-5(9)4(2-3-13-7)6(14)8(10,11)12/h2-3H,1H3. The third-order valence-corrected chi connectivity index (χ3v) is 2.74. The summed E-state index contributed by atoms with van der Waals surface area (Å²) in [6.07, 6.45) is -2.19. The molecule has 0 amide bonds. The molecule has 82 valence electrons. The second-order valence-corrected chi connectivity index (χ2v) is 3.68. The van der Waals surface area contributed by atoms with Gasteiger partial charge in [-0.2, -0.15) is 13.2 Å². The van der Waals surface area contributed by atoms with Gasteiger partial charge in [-0.3, -0.25) is 4.79 Å². The fraction of sp³-hybridized carbons (Fsp3) is 0.250. The number of thioether (sulfide) groups is 1. The molecule has 2 nitrogen and oxygen atoms in total. The molecule has 0 N–H and O–H groups in total. The largest absolute Gasteiger partial charge is 0.454 e. The fourth-order valence-corrected chi connectivity index (χ4v) is 1.78. The van der Waals surface area contributed by atoms with Crippen LogP contribution in [0.2, 0.25) is 5.02 Å². The van der Waals surface area contributed by atoms with E-state index in [1.807, 2.05) is 0 Å². The number of Topliss-reactive ketones (excluding diaryl/α,β-unsaturated/α-hetero) is 1. The first-order chi connectivity index (χ1) is 6.88. The van der Waals surface area contributed by atoms with Gasteiger partial charge in [-0.1, -0.05) is 11.6 Å². The molecule has 0 aliphatic carbocycles. The van der Waals surface area contributed by atoms with Crippen LogP contribution in [0.25, 0.3) is 0 Å². The molecule has 0 aliphatic rings. The summed E-state index contributed by atoms with van der Waals surface area (Å²) in [6, 6.07) is 0.956. The number of halogens is 4. The summed E-state index contributed by atoms with van der Waals surface area (Å²) in [5.74, 6) is -1.95. The highest BCUT2D eigenvalue weighted by molar-refractivity contribution is 7.98. The van der Waals surface area contributed by atoms with Gasteiger partial charge in [-0.25, -0.2) is 4.98 Å². The predicted molar refractivity (Wildman–Crippen MR) is 51.4 cm³/mol. The second kappa shape index (κ2) is 4.40. The third kappa shape index (κ3) is 2.63. The smallest absolute Gasteiger partial charge is 0.284 e. The topological polar surface area (TPSA) is 30.0 Å². The van der Waals surface area contributed by atoms with Crippen molar-refractivity contribution < 1.29 is 18.0 Å². The molecule has 1 heterocycles. The highest BCUT2D eigenvalue weighted by atomic mass is 35.5. The quantitative estimate of drug-likeness (QED) is 0.600. The number of alkyl halides is 3. The molecule has 0 aliphatic heterocycles. The number of pyridine rings is 1. The number of carbonyl (C=O) groups is 1. The normalized spacial score (nSPS) is 11.5. The highest BCUT2D eigenvalue weighted by Crippen LogP contribution is 2.30. The molecular formula is C8H5ClF3NOS. The Labute approximate surface area is 92.8 Å². The Morgan fingerprint density at radius 1 is 1.53 bits per heavy atom. The van der Waals surface area contributed by atoms with E-state index in [-0.39, 0.29) is 10.0 Å². The van der Waals surface area contributed by atoms with Crippen molar-refractivity contribution in [2.75, 3.05) is 6.26 Å². The Bertz CT molecular complexity index is 394. The summed E-state index contributed by atoms with van der Waals surface area (Å²) in [4.78, 5) is 14.6. The average Bonchev–Trinajstić information content (AvgIpc) is 2.16. The van der Waals surface area contributed by atoms with Crippen molar-refractivity contribution in [2.24, 2.45) is 0 Å². The van der Waals surface area contributed by atoms with Crippen LogP contribution in [-0.2, 0) is 0 Å². The number of aromatic nitrogens is 1. The Morgan fingerprint density at radius 3 is 2.60 bits per heavy atom. The molecule has 0 aromatic carbocycles. The predicted octanol–water partition coefficient (Wildman–Crippen LogP) is 3.20. The number of nitrogens with zero attached hydrogens (tertiary/aromatic N) is 1. The lowest BCUT2D eigenvalue weighted by Crippen LogP contribution is -2.23. The summed E-state index contributed by atoms with van der Waals surface area (Å²) >= 11 is 6.68. The van der Waals surface area contributed by atoms with Crippen molar-refractivity contribution in [1.82, 2.24) is 4.98 Å². The Kier molecular flexibility index (Phi) is 3.62. The first kappa shape index (κ1) is 12.3. The first-order valence-corrected chi connectivity index (χ1v) is 5.28. The zero-order valence-corrected chi connectivity index (χ0v) is 9.00. The second-order valence-electron chi connectivity index (χ2n) is 2.51. The summed E-state index contributed by atoms with van der Waals surface area (Å²) < 4.78 is 36.3. The zero-order chi connectivity index (χ0) is 11.6. The van der Waals surface area contributed by atoms with Gasteiger partial charge in [0.25, 0.3) is 5.78 Å². The molecule has 0 radical (unpaired) electrons. The Morgan fingerprint density at radius 2 is 2.13 bits per heavy atom. The Balaban J connectivity index is 3.22. The van der Waals surface area contributed by atoms with Crippen molar-refractivity contribution in [3.8, 4) is 0 Å². The molecule has 1 aromatic rings. The van der Waals surface area contributed by atoms with E-state index in [0.29, 0.717) is 0 Å². The number of carbonyl (C=O) groups excluding carboxylic acids is 1. The lowest BCUT2D eigenvalue weighted by atomic mass is 10.2. The van der Waals surface area contributed by atoms with E-state index in [1.165, 1.54) is 0 Å². The van der Waals surface area contributed by atoms with Gasteiger partial charge in [0.05, 0.1) is 10.6 Å². The molecule has 1 aromatic heterocycles. The lowest BCUT2D eigenvalue weighted by molar-refractivity contribution is -0.0885. The Hall–Kier alpha value is -0.750. The molecule has 1 rings (SSSR count). The van der Waals surface area contributed by atoms with Gasteiger partial charge >= 0.3 is 6.18 Å². The van der Waals surface area contributed by atoms with Crippen molar-refractivity contribution in [2.45, 2.75) is 11.2 Å². The van der Waals surface area contributed by atoms with E-state index < -0.39 is 17.5 Å². The molecular weight excluding hydrogens is 251 g/mol. The van der Waals surface area contributed by atoms with E-state index >= 15 is 0 Å².